The average molecular weight is 436 g/mol. The average Bonchev–Trinajstić information content (AvgIpc) is 2.75. The van der Waals surface area contributed by atoms with E-state index in [1.807, 2.05) is 12.1 Å². The van der Waals surface area contributed by atoms with Crippen LogP contribution in [0, 0.1) is 11.2 Å². The first-order valence-electron chi connectivity index (χ1n) is 9.66. The lowest BCUT2D eigenvalue weighted by Gasteiger charge is -2.35. The molecule has 1 saturated heterocycles. The summed E-state index contributed by atoms with van der Waals surface area (Å²) in [6.45, 7) is 2.39. The minimum absolute atomic E-state index is 0. The predicted octanol–water partition coefficient (Wildman–Crippen LogP) is 3.13. The van der Waals surface area contributed by atoms with Crippen LogP contribution >= 0.6 is 12.4 Å². The Balaban J connectivity index is 0.00000320. The van der Waals surface area contributed by atoms with Gasteiger partial charge in [0.1, 0.15) is 5.82 Å². The van der Waals surface area contributed by atoms with Gasteiger partial charge in [-0.25, -0.2) is 4.39 Å². The van der Waals surface area contributed by atoms with E-state index in [0.717, 1.165) is 31.5 Å². The van der Waals surface area contributed by atoms with Crippen LogP contribution in [0.4, 0.5) is 10.1 Å². The molecular formula is C22H27ClFN3O3. The number of amides is 2. The van der Waals surface area contributed by atoms with Gasteiger partial charge in [-0.2, -0.15) is 0 Å². The molecule has 3 rings (SSSR count). The van der Waals surface area contributed by atoms with Gasteiger partial charge in [0, 0.05) is 24.9 Å². The number of rotatable bonds is 7. The van der Waals surface area contributed by atoms with E-state index >= 15 is 0 Å². The van der Waals surface area contributed by atoms with Crippen molar-refractivity contribution in [1.82, 2.24) is 10.6 Å². The quantitative estimate of drug-likeness (QED) is 0.624. The molecule has 1 aliphatic rings. The maximum absolute atomic E-state index is 13.0. The van der Waals surface area contributed by atoms with Crippen molar-refractivity contribution in [2.45, 2.75) is 19.4 Å². The Bertz CT molecular complexity index is 832. The van der Waals surface area contributed by atoms with Gasteiger partial charge in [0.25, 0.3) is 5.91 Å². The van der Waals surface area contributed by atoms with E-state index < -0.39 is 5.41 Å². The van der Waals surface area contributed by atoms with Crippen LogP contribution in [0.1, 0.15) is 28.8 Å². The van der Waals surface area contributed by atoms with Crippen LogP contribution in [-0.4, -0.2) is 38.6 Å². The zero-order valence-corrected chi connectivity index (χ0v) is 17.7. The van der Waals surface area contributed by atoms with Crippen LogP contribution in [0.25, 0.3) is 0 Å². The Morgan fingerprint density at radius 1 is 1.07 bits per heavy atom. The zero-order valence-electron chi connectivity index (χ0n) is 16.9. The van der Waals surface area contributed by atoms with Crippen molar-refractivity contribution < 1.29 is 18.7 Å². The minimum Gasteiger partial charge on any atom is -0.384 e. The fourth-order valence-corrected chi connectivity index (χ4v) is 3.50. The maximum atomic E-state index is 13.0. The van der Waals surface area contributed by atoms with Crippen molar-refractivity contribution in [3.8, 4) is 0 Å². The number of methoxy groups -OCH3 is 1. The second-order valence-corrected chi connectivity index (χ2v) is 7.30. The molecule has 0 saturated carbocycles. The Hall–Kier alpha value is -2.48. The molecule has 2 amide bonds. The fourth-order valence-electron chi connectivity index (χ4n) is 3.50. The van der Waals surface area contributed by atoms with E-state index in [4.69, 9.17) is 4.74 Å². The fraction of sp³-hybridized carbons (Fsp3) is 0.364. The highest BCUT2D eigenvalue weighted by Gasteiger charge is 2.39. The maximum Gasteiger partial charge on any atom is 0.255 e. The van der Waals surface area contributed by atoms with Gasteiger partial charge in [-0.1, -0.05) is 12.1 Å². The first kappa shape index (κ1) is 23.8. The highest BCUT2D eigenvalue weighted by molar-refractivity contribution is 6.04. The molecule has 1 heterocycles. The van der Waals surface area contributed by atoms with Crippen molar-refractivity contribution in [1.29, 1.82) is 0 Å². The molecule has 8 heteroatoms. The largest absolute Gasteiger partial charge is 0.384 e. The van der Waals surface area contributed by atoms with Crippen molar-refractivity contribution in [2.75, 3.05) is 32.1 Å². The Kier molecular flexibility index (Phi) is 8.77. The number of nitrogens with one attached hydrogen (secondary N) is 3. The van der Waals surface area contributed by atoms with Crippen LogP contribution in [-0.2, 0) is 16.1 Å². The Morgan fingerprint density at radius 2 is 1.70 bits per heavy atom. The number of benzene rings is 2. The molecule has 0 aromatic heterocycles. The highest BCUT2D eigenvalue weighted by Crippen LogP contribution is 2.29. The molecule has 0 unspecified atom stereocenters. The third-order valence-corrected chi connectivity index (χ3v) is 5.23. The number of hydrogen-bond donors (Lipinski definition) is 3. The number of ether oxygens (including phenoxy) is 1. The molecule has 162 valence electrons. The van der Waals surface area contributed by atoms with Crippen molar-refractivity contribution in [2.24, 2.45) is 5.41 Å². The van der Waals surface area contributed by atoms with Crippen LogP contribution in [0.5, 0.6) is 0 Å². The number of halogens is 2. The lowest BCUT2D eigenvalue weighted by atomic mass is 9.78. The van der Waals surface area contributed by atoms with Gasteiger partial charge in [-0.3, -0.25) is 9.59 Å². The smallest absolute Gasteiger partial charge is 0.255 e. The molecule has 1 fully saturated rings. The molecular weight excluding hydrogens is 409 g/mol. The van der Waals surface area contributed by atoms with E-state index in [1.165, 1.54) is 24.3 Å². The summed E-state index contributed by atoms with van der Waals surface area (Å²) in [6.07, 6.45) is 1.49. The zero-order chi connectivity index (χ0) is 20.7. The summed E-state index contributed by atoms with van der Waals surface area (Å²) in [4.78, 5) is 25.1. The lowest BCUT2D eigenvalue weighted by Crippen LogP contribution is -2.49. The first-order chi connectivity index (χ1) is 14.0. The molecule has 0 radical (unpaired) electrons. The van der Waals surface area contributed by atoms with E-state index in [2.05, 4.69) is 16.0 Å². The summed E-state index contributed by atoms with van der Waals surface area (Å²) in [6, 6.07) is 12.6. The van der Waals surface area contributed by atoms with Crippen LogP contribution in [0.15, 0.2) is 48.5 Å². The number of hydrogen-bond acceptors (Lipinski definition) is 4. The Labute approximate surface area is 182 Å². The predicted molar refractivity (Wildman–Crippen MR) is 116 cm³/mol. The number of carbonyl (C=O) groups is 2. The van der Waals surface area contributed by atoms with Gasteiger partial charge in [-0.15, -0.1) is 12.4 Å². The summed E-state index contributed by atoms with van der Waals surface area (Å²) in [5, 5.41) is 9.00. The molecule has 0 aliphatic carbocycles. The normalized spacial score (nSPS) is 15.0. The summed E-state index contributed by atoms with van der Waals surface area (Å²) in [7, 11) is 1.62. The van der Waals surface area contributed by atoms with Gasteiger partial charge in [0.2, 0.25) is 5.91 Å². The van der Waals surface area contributed by atoms with Gasteiger partial charge >= 0.3 is 0 Å². The third-order valence-electron chi connectivity index (χ3n) is 5.23. The first-order valence-corrected chi connectivity index (χ1v) is 9.66. The van der Waals surface area contributed by atoms with E-state index in [1.54, 1.807) is 19.2 Å². The monoisotopic (exact) mass is 435 g/mol. The minimum atomic E-state index is -0.491. The number of carbonyl (C=O) groups excluding carboxylic acids is 2. The van der Waals surface area contributed by atoms with Crippen molar-refractivity contribution in [3.63, 3.8) is 0 Å². The van der Waals surface area contributed by atoms with Gasteiger partial charge < -0.3 is 20.7 Å². The molecule has 0 spiro atoms. The van der Waals surface area contributed by atoms with Crippen LogP contribution in [0.3, 0.4) is 0 Å². The van der Waals surface area contributed by atoms with Crippen molar-refractivity contribution >= 4 is 29.9 Å². The van der Waals surface area contributed by atoms with E-state index in [9.17, 15) is 14.0 Å². The molecule has 2 aromatic carbocycles. The van der Waals surface area contributed by atoms with Gasteiger partial charge in [0.15, 0.2) is 0 Å². The van der Waals surface area contributed by atoms with Crippen LogP contribution < -0.4 is 16.0 Å². The summed E-state index contributed by atoms with van der Waals surface area (Å²) >= 11 is 0. The summed E-state index contributed by atoms with van der Waals surface area (Å²) < 4.78 is 18.3. The molecule has 6 nitrogen and oxygen atoms in total. The standard InChI is InChI=1S/C22H26FN3O3.ClH/c1-29-15-22(10-12-24-13-11-22)21(28)25-14-16-2-4-17(5-3-16)20(27)26-19-8-6-18(23)7-9-19;/h2-9,24H,10-15H2,1H3,(H,25,28)(H,26,27);1H. The number of piperidine rings is 1. The molecule has 3 N–H and O–H groups in total. The summed E-state index contributed by atoms with van der Waals surface area (Å²) in [5.41, 5.74) is 1.42. The topological polar surface area (TPSA) is 79.5 Å². The SMILES string of the molecule is COCC1(C(=O)NCc2ccc(C(=O)Nc3ccc(F)cc3)cc2)CCNCC1.Cl. The van der Waals surface area contributed by atoms with Crippen molar-refractivity contribution in [3.05, 3.63) is 65.5 Å². The second kappa shape index (κ2) is 11.1. The Morgan fingerprint density at radius 3 is 2.30 bits per heavy atom. The third kappa shape index (κ3) is 6.01. The molecule has 1 aliphatic heterocycles. The molecule has 0 bridgehead atoms. The molecule has 2 aromatic rings. The van der Waals surface area contributed by atoms with Gasteiger partial charge in [-0.05, 0) is 67.9 Å². The van der Waals surface area contributed by atoms with E-state index in [0.29, 0.717) is 24.4 Å². The molecule has 30 heavy (non-hydrogen) atoms. The van der Waals surface area contributed by atoms with Gasteiger partial charge in [0.05, 0.1) is 12.0 Å². The van der Waals surface area contributed by atoms with Crippen LogP contribution in [0.2, 0.25) is 0 Å². The highest BCUT2D eigenvalue weighted by atomic mass is 35.5. The summed E-state index contributed by atoms with van der Waals surface area (Å²) in [5.74, 6) is -0.633. The second-order valence-electron chi connectivity index (χ2n) is 7.30. The molecule has 0 atom stereocenters. The number of anilines is 1. The lowest BCUT2D eigenvalue weighted by molar-refractivity contribution is -0.136. The van der Waals surface area contributed by atoms with E-state index in [-0.39, 0.29) is 30.0 Å².